The van der Waals surface area contributed by atoms with Crippen molar-refractivity contribution in [3.05, 3.63) is 28.8 Å². The summed E-state index contributed by atoms with van der Waals surface area (Å²) in [6, 6.07) is 3.80. The third kappa shape index (κ3) is 3.92. The van der Waals surface area contributed by atoms with Crippen LogP contribution in [0.2, 0.25) is 5.02 Å². The molecule has 2 rings (SSSR count). The van der Waals surface area contributed by atoms with Crippen molar-refractivity contribution in [3.63, 3.8) is 0 Å². The lowest BCUT2D eigenvalue weighted by molar-refractivity contribution is -0.133. The van der Waals surface area contributed by atoms with Crippen LogP contribution in [0.25, 0.3) is 0 Å². The summed E-state index contributed by atoms with van der Waals surface area (Å²) in [6.45, 7) is 3.58. The van der Waals surface area contributed by atoms with Gasteiger partial charge in [0.2, 0.25) is 0 Å². The minimum absolute atomic E-state index is 0.00811. The third-order valence-corrected chi connectivity index (χ3v) is 6.26. The topological polar surface area (TPSA) is 85.3 Å². The number of carbonyl (C=O) groups excluding carboxylic acids is 3. The molecule has 0 heterocycles. The minimum atomic E-state index is -3.50. The molecule has 0 aliphatic heterocycles. The van der Waals surface area contributed by atoms with Crippen LogP contribution < -0.4 is 0 Å². The van der Waals surface area contributed by atoms with Gasteiger partial charge in [-0.3, -0.25) is 14.4 Å². The third-order valence-electron chi connectivity index (χ3n) is 3.87. The van der Waals surface area contributed by atoms with E-state index in [1.54, 1.807) is 13.8 Å². The van der Waals surface area contributed by atoms with Crippen LogP contribution in [-0.2, 0) is 19.4 Å². The van der Waals surface area contributed by atoms with Gasteiger partial charge in [0.15, 0.2) is 27.2 Å². The lowest BCUT2D eigenvalue weighted by Gasteiger charge is -2.19. The van der Waals surface area contributed by atoms with E-state index in [-0.39, 0.29) is 40.0 Å². The molecule has 1 saturated carbocycles. The first-order chi connectivity index (χ1) is 11.1. The predicted molar refractivity (Wildman–Crippen MR) is 90.0 cm³/mol. The summed E-state index contributed by atoms with van der Waals surface area (Å²) in [6.07, 6.45) is 0.850. The number of ketones is 3. The van der Waals surface area contributed by atoms with Gasteiger partial charge in [-0.2, -0.15) is 0 Å². The zero-order valence-corrected chi connectivity index (χ0v) is 15.1. The van der Waals surface area contributed by atoms with Crippen LogP contribution in [-0.4, -0.2) is 31.5 Å². The zero-order valence-electron chi connectivity index (χ0n) is 13.5. The summed E-state index contributed by atoms with van der Waals surface area (Å²) >= 11 is 6.07. The van der Waals surface area contributed by atoms with Gasteiger partial charge < -0.3 is 0 Å². The molecule has 0 unspecified atom stereocenters. The SMILES string of the molecule is CC(C)CS(=O)(=O)c1ccc(C(=O)C2C(=O)CCCC2=O)c(Cl)c1. The van der Waals surface area contributed by atoms with Gasteiger partial charge in [0.25, 0.3) is 0 Å². The fraction of sp³-hybridized carbons (Fsp3) is 0.471. The molecule has 1 fully saturated rings. The molecular weight excluding hydrogens is 352 g/mol. The van der Waals surface area contributed by atoms with Crippen molar-refractivity contribution >= 4 is 38.8 Å². The van der Waals surface area contributed by atoms with Gasteiger partial charge in [-0.05, 0) is 30.5 Å². The molecule has 1 aliphatic carbocycles. The fourth-order valence-corrected chi connectivity index (χ4v) is 4.76. The van der Waals surface area contributed by atoms with E-state index < -0.39 is 33.1 Å². The highest BCUT2D eigenvalue weighted by molar-refractivity contribution is 7.91. The largest absolute Gasteiger partial charge is 0.298 e. The standard InChI is InChI=1S/C17H19ClO5S/c1-10(2)9-24(22,23)11-6-7-12(13(18)8-11)17(21)16-14(19)4-3-5-15(16)20/h6-8,10,16H,3-5,9H2,1-2H3. The Balaban J connectivity index is 2.35. The molecule has 1 aromatic carbocycles. The maximum Gasteiger partial charge on any atom is 0.182 e. The Morgan fingerprint density at radius 3 is 2.29 bits per heavy atom. The van der Waals surface area contributed by atoms with E-state index in [9.17, 15) is 22.8 Å². The van der Waals surface area contributed by atoms with Gasteiger partial charge in [0, 0.05) is 18.4 Å². The van der Waals surface area contributed by atoms with Gasteiger partial charge in [-0.15, -0.1) is 0 Å². The van der Waals surface area contributed by atoms with Gasteiger partial charge in [-0.25, -0.2) is 8.42 Å². The highest BCUT2D eigenvalue weighted by Gasteiger charge is 2.37. The molecule has 0 saturated heterocycles. The normalized spacial score (nSPS) is 16.7. The van der Waals surface area contributed by atoms with Crippen LogP contribution in [0.1, 0.15) is 43.5 Å². The Morgan fingerprint density at radius 2 is 1.79 bits per heavy atom. The van der Waals surface area contributed by atoms with Gasteiger partial charge in [0.05, 0.1) is 15.7 Å². The molecule has 7 heteroatoms. The Morgan fingerprint density at radius 1 is 1.21 bits per heavy atom. The number of Topliss-reactive ketones (excluding diaryl/α,β-unsaturated/α-hetero) is 3. The maximum atomic E-state index is 12.5. The summed E-state index contributed by atoms with van der Waals surface area (Å²) in [4.78, 5) is 36.3. The Labute approximate surface area is 146 Å². The minimum Gasteiger partial charge on any atom is -0.298 e. The molecule has 5 nitrogen and oxygen atoms in total. The molecule has 0 amide bonds. The Kier molecular flexibility index (Phi) is 5.60. The van der Waals surface area contributed by atoms with Crippen LogP contribution in [0.3, 0.4) is 0 Å². The van der Waals surface area contributed by atoms with Crippen LogP contribution >= 0.6 is 11.6 Å². The molecule has 0 radical (unpaired) electrons. The summed E-state index contributed by atoms with van der Waals surface area (Å²) in [5.74, 6) is -2.84. The average Bonchev–Trinajstić information content (AvgIpc) is 2.45. The molecule has 0 N–H and O–H groups in total. The highest BCUT2D eigenvalue weighted by Crippen LogP contribution is 2.28. The number of halogens is 1. The number of carbonyl (C=O) groups is 3. The maximum absolute atomic E-state index is 12.5. The van der Waals surface area contributed by atoms with Crippen molar-refractivity contribution in [2.75, 3.05) is 5.75 Å². The Hall–Kier alpha value is -1.53. The zero-order chi connectivity index (χ0) is 18.1. The molecule has 0 atom stereocenters. The van der Waals surface area contributed by atoms with E-state index in [0.717, 1.165) is 0 Å². The van der Waals surface area contributed by atoms with Crippen molar-refractivity contribution in [2.24, 2.45) is 11.8 Å². The molecule has 130 valence electrons. The van der Waals surface area contributed by atoms with Crippen molar-refractivity contribution in [1.82, 2.24) is 0 Å². The second-order valence-electron chi connectivity index (χ2n) is 6.40. The Bertz CT molecular complexity index is 779. The molecule has 0 aromatic heterocycles. The van der Waals surface area contributed by atoms with E-state index >= 15 is 0 Å². The van der Waals surface area contributed by atoms with Gasteiger partial charge in [0.1, 0.15) is 5.92 Å². The number of rotatable bonds is 5. The van der Waals surface area contributed by atoms with E-state index in [2.05, 4.69) is 0 Å². The van der Waals surface area contributed by atoms with Crippen LogP contribution in [0.15, 0.2) is 23.1 Å². The lowest BCUT2D eigenvalue weighted by atomic mass is 9.82. The quantitative estimate of drug-likeness (QED) is 0.587. The van der Waals surface area contributed by atoms with E-state index in [1.807, 2.05) is 0 Å². The van der Waals surface area contributed by atoms with Crippen LogP contribution in [0, 0.1) is 11.8 Å². The van der Waals surface area contributed by atoms with Crippen molar-refractivity contribution < 1.29 is 22.8 Å². The molecule has 1 aliphatic rings. The van der Waals surface area contributed by atoms with Crippen molar-refractivity contribution in [3.8, 4) is 0 Å². The first kappa shape index (κ1) is 18.8. The number of sulfone groups is 1. The summed E-state index contributed by atoms with van der Waals surface area (Å²) in [7, 11) is -3.50. The second kappa shape index (κ2) is 7.15. The summed E-state index contributed by atoms with van der Waals surface area (Å²) in [5, 5.41) is -0.0593. The van der Waals surface area contributed by atoms with Crippen LogP contribution in [0.5, 0.6) is 0 Å². The lowest BCUT2D eigenvalue weighted by Crippen LogP contribution is -2.35. The van der Waals surface area contributed by atoms with Crippen molar-refractivity contribution in [1.29, 1.82) is 0 Å². The second-order valence-corrected chi connectivity index (χ2v) is 8.84. The number of benzene rings is 1. The summed E-state index contributed by atoms with van der Waals surface area (Å²) in [5.41, 5.74) is 0.00811. The van der Waals surface area contributed by atoms with E-state index in [0.29, 0.717) is 6.42 Å². The predicted octanol–water partition coefficient (Wildman–Crippen LogP) is 2.89. The first-order valence-electron chi connectivity index (χ1n) is 7.75. The number of hydrogen-bond donors (Lipinski definition) is 0. The molecular formula is C17H19ClO5S. The fourth-order valence-electron chi connectivity index (χ4n) is 2.78. The van der Waals surface area contributed by atoms with E-state index in [1.165, 1.54) is 18.2 Å². The van der Waals surface area contributed by atoms with Crippen LogP contribution in [0.4, 0.5) is 0 Å². The van der Waals surface area contributed by atoms with Crippen molar-refractivity contribution in [2.45, 2.75) is 38.0 Å². The summed E-state index contributed by atoms with van der Waals surface area (Å²) < 4.78 is 24.5. The molecule has 24 heavy (non-hydrogen) atoms. The molecule has 1 aromatic rings. The van der Waals surface area contributed by atoms with E-state index in [4.69, 9.17) is 11.6 Å². The molecule has 0 bridgehead atoms. The van der Waals surface area contributed by atoms with Gasteiger partial charge >= 0.3 is 0 Å². The monoisotopic (exact) mass is 370 g/mol. The highest BCUT2D eigenvalue weighted by atomic mass is 35.5. The average molecular weight is 371 g/mol. The van der Waals surface area contributed by atoms with Gasteiger partial charge in [-0.1, -0.05) is 25.4 Å². The first-order valence-corrected chi connectivity index (χ1v) is 9.78. The smallest absolute Gasteiger partial charge is 0.182 e. The number of hydrogen-bond acceptors (Lipinski definition) is 5. The molecule has 0 spiro atoms.